The Morgan fingerprint density at radius 1 is 1.39 bits per heavy atom. The van der Waals surface area contributed by atoms with Gasteiger partial charge in [-0.1, -0.05) is 11.8 Å². The zero-order valence-electron chi connectivity index (χ0n) is 13.5. The van der Waals surface area contributed by atoms with Crippen LogP contribution in [0.5, 0.6) is 0 Å². The average Bonchev–Trinajstić information content (AvgIpc) is 2.92. The number of thiophene rings is 1. The molecule has 2 aromatic heterocycles. The lowest BCUT2D eigenvalue weighted by Crippen LogP contribution is -2.46. The van der Waals surface area contributed by atoms with Gasteiger partial charge in [0.05, 0.1) is 5.75 Å². The van der Waals surface area contributed by atoms with Crippen LogP contribution in [0.1, 0.15) is 27.7 Å². The van der Waals surface area contributed by atoms with E-state index in [9.17, 15) is 9.59 Å². The van der Waals surface area contributed by atoms with Crippen molar-refractivity contribution in [3.8, 4) is 0 Å². The zero-order chi connectivity index (χ0) is 17.0. The lowest BCUT2D eigenvalue weighted by atomic mass is 10.1. The van der Waals surface area contributed by atoms with Gasteiger partial charge >= 0.3 is 5.97 Å². The summed E-state index contributed by atoms with van der Waals surface area (Å²) in [6.45, 7) is 7.18. The van der Waals surface area contributed by atoms with Crippen molar-refractivity contribution >= 4 is 45.2 Å². The first-order chi connectivity index (χ1) is 10.8. The Kier molecular flexibility index (Phi) is 5.59. The highest BCUT2D eigenvalue weighted by Gasteiger charge is 2.22. The molecule has 0 aliphatic rings. The van der Waals surface area contributed by atoms with E-state index in [-0.39, 0.29) is 17.2 Å². The highest BCUT2D eigenvalue weighted by molar-refractivity contribution is 8.00. The third-order valence-electron chi connectivity index (χ3n) is 2.73. The van der Waals surface area contributed by atoms with E-state index in [1.807, 2.05) is 32.2 Å². The summed E-state index contributed by atoms with van der Waals surface area (Å²) >= 11 is 2.80. The maximum Gasteiger partial charge on any atom is 0.317 e. The lowest BCUT2D eigenvalue weighted by molar-refractivity contribution is -0.152. The van der Waals surface area contributed by atoms with Crippen molar-refractivity contribution in [2.75, 3.05) is 5.75 Å². The number of aromatic nitrogens is 2. The van der Waals surface area contributed by atoms with E-state index in [1.54, 1.807) is 6.92 Å². The van der Waals surface area contributed by atoms with Gasteiger partial charge in [-0.25, -0.2) is 9.97 Å². The fourth-order valence-electron chi connectivity index (χ4n) is 1.77. The van der Waals surface area contributed by atoms with Gasteiger partial charge in [0.1, 0.15) is 16.2 Å². The number of ether oxygens (including phenoxy) is 1. The van der Waals surface area contributed by atoms with Gasteiger partial charge in [0.15, 0.2) is 6.10 Å². The zero-order valence-corrected chi connectivity index (χ0v) is 15.1. The number of carbonyl (C=O) groups is 2. The van der Waals surface area contributed by atoms with Crippen LogP contribution in [0.25, 0.3) is 10.2 Å². The highest BCUT2D eigenvalue weighted by atomic mass is 32.2. The van der Waals surface area contributed by atoms with E-state index in [0.717, 1.165) is 15.2 Å². The molecule has 0 aromatic carbocycles. The number of carbonyl (C=O) groups excluding carboxylic acids is 2. The third-order valence-corrected chi connectivity index (χ3v) is 4.53. The van der Waals surface area contributed by atoms with Crippen LogP contribution < -0.4 is 5.32 Å². The quantitative estimate of drug-likeness (QED) is 0.505. The first kappa shape index (κ1) is 17.7. The summed E-state index contributed by atoms with van der Waals surface area (Å²) in [4.78, 5) is 33.0. The van der Waals surface area contributed by atoms with Crippen LogP contribution in [0.15, 0.2) is 22.8 Å². The number of thioether (sulfide) groups is 1. The second-order valence-electron chi connectivity index (χ2n) is 5.98. The van der Waals surface area contributed by atoms with Crippen LogP contribution in [0.4, 0.5) is 0 Å². The first-order valence-electron chi connectivity index (χ1n) is 7.09. The summed E-state index contributed by atoms with van der Waals surface area (Å²) < 4.78 is 5.16. The number of nitrogens with zero attached hydrogens (tertiary/aromatic N) is 2. The summed E-state index contributed by atoms with van der Waals surface area (Å²) in [6, 6.07) is 1.92. The predicted molar refractivity (Wildman–Crippen MR) is 91.6 cm³/mol. The number of hydrogen-bond acceptors (Lipinski definition) is 7. The van der Waals surface area contributed by atoms with Crippen LogP contribution in [-0.2, 0) is 14.3 Å². The largest absolute Gasteiger partial charge is 0.452 e. The first-order valence-corrected chi connectivity index (χ1v) is 8.95. The van der Waals surface area contributed by atoms with E-state index in [4.69, 9.17) is 4.74 Å². The van der Waals surface area contributed by atoms with Crippen molar-refractivity contribution in [3.05, 3.63) is 17.8 Å². The molecule has 2 aromatic rings. The lowest BCUT2D eigenvalue weighted by Gasteiger charge is -2.23. The van der Waals surface area contributed by atoms with Crippen LogP contribution in [0, 0.1) is 0 Å². The van der Waals surface area contributed by atoms with Crippen LogP contribution in [0.3, 0.4) is 0 Å². The normalized spacial score (nSPS) is 12.9. The van der Waals surface area contributed by atoms with Gasteiger partial charge in [-0.05, 0) is 39.1 Å². The molecule has 0 unspecified atom stereocenters. The number of esters is 1. The van der Waals surface area contributed by atoms with Gasteiger partial charge in [0, 0.05) is 10.9 Å². The Hall–Kier alpha value is -1.67. The topological polar surface area (TPSA) is 81.2 Å². The van der Waals surface area contributed by atoms with E-state index in [0.29, 0.717) is 0 Å². The monoisotopic (exact) mass is 353 g/mol. The second kappa shape index (κ2) is 7.27. The minimum atomic E-state index is -0.825. The SMILES string of the molecule is C[C@H](OC(=O)CSc1ncnc2sccc12)C(=O)NC(C)(C)C. The number of nitrogens with one attached hydrogen (secondary N) is 1. The molecule has 1 atom stereocenters. The summed E-state index contributed by atoms with van der Waals surface area (Å²) in [5.41, 5.74) is -0.363. The van der Waals surface area contributed by atoms with E-state index >= 15 is 0 Å². The molecule has 6 nitrogen and oxygen atoms in total. The number of amides is 1. The Bertz CT molecular complexity index is 709. The molecule has 124 valence electrons. The van der Waals surface area contributed by atoms with Crippen LogP contribution in [-0.4, -0.2) is 39.2 Å². The molecule has 2 rings (SSSR count). The van der Waals surface area contributed by atoms with Crippen molar-refractivity contribution in [2.45, 2.75) is 44.4 Å². The number of rotatable bonds is 5. The van der Waals surface area contributed by atoms with Crippen LogP contribution >= 0.6 is 23.1 Å². The fraction of sp³-hybridized carbons (Fsp3) is 0.467. The second-order valence-corrected chi connectivity index (χ2v) is 7.84. The van der Waals surface area contributed by atoms with Gasteiger partial charge in [-0.2, -0.15) is 0 Å². The molecule has 0 radical (unpaired) electrons. The molecular formula is C15H19N3O3S2. The van der Waals surface area contributed by atoms with Gasteiger partial charge in [-0.3, -0.25) is 9.59 Å². The van der Waals surface area contributed by atoms with E-state index < -0.39 is 12.1 Å². The minimum absolute atomic E-state index is 0.0924. The van der Waals surface area contributed by atoms with E-state index in [1.165, 1.54) is 29.4 Å². The maximum absolute atomic E-state index is 11.9. The van der Waals surface area contributed by atoms with Gasteiger partial charge in [-0.15, -0.1) is 11.3 Å². The molecule has 2 heterocycles. The average molecular weight is 353 g/mol. The molecule has 0 aliphatic carbocycles. The molecule has 0 saturated heterocycles. The number of fused-ring (bicyclic) bond motifs is 1. The maximum atomic E-state index is 11.9. The smallest absolute Gasteiger partial charge is 0.317 e. The molecule has 1 amide bonds. The Balaban J connectivity index is 1.88. The summed E-state index contributed by atoms with van der Waals surface area (Å²) in [7, 11) is 0. The molecule has 8 heteroatoms. The van der Waals surface area contributed by atoms with Gasteiger partial charge in [0.25, 0.3) is 5.91 Å². The molecule has 0 fully saturated rings. The standard InChI is InChI=1S/C15H19N3O3S2/c1-9(12(20)18-15(2,3)4)21-11(19)7-23-14-10-5-6-22-13(10)16-8-17-14/h5-6,8-9H,7H2,1-4H3,(H,18,20)/t9-/m0/s1. The fourth-order valence-corrected chi connectivity index (χ4v) is 3.33. The number of hydrogen-bond donors (Lipinski definition) is 1. The summed E-state index contributed by atoms with van der Waals surface area (Å²) in [5.74, 6) is -0.665. The third kappa shape index (κ3) is 5.18. The molecule has 0 spiro atoms. The van der Waals surface area contributed by atoms with Crippen molar-refractivity contribution in [3.63, 3.8) is 0 Å². The molecule has 1 N–H and O–H groups in total. The Labute approximate surface area is 143 Å². The highest BCUT2D eigenvalue weighted by Crippen LogP contribution is 2.27. The van der Waals surface area contributed by atoms with Crippen molar-refractivity contribution in [2.24, 2.45) is 0 Å². The molecule has 0 saturated carbocycles. The Morgan fingerprint density at radius 2 is 2.13 bits per heavy atom. The molecule has 0 aliphatic heterocycles. The summed E-state index contributed by atoms with van der Waals surface area (Å²) in [6.07, 6.45) is 0.653. The predicted octanol–water partition coefficient (Wildman–Crippen LogP) is 2.63. The molecule has 0 bridgehead atoms. The van der Waals surface area contributed by atoms with E-state index in [2.05, 4.69) is 15.3 Å². The van der Waals surface area contributed by atoms with Crippen molar-refractivity contribution in [1.82, 2.24) is 15.3 Å². The summed E-state index contributed by atoms with van der Waals surface area (Å²) in [5, 5.41) is 6.37. The van der Waals surface area contributed by atoms with Gasteiger partial charge in [0.2, 0.25) is 0 Å². The van der Waals surface area contributed by atoms with Gasteiger partial charge < -0.3 is 10.1 Å². The molecular weight excluding hydrogens is 334 g/mol. The Morgan fingerprint density at radius 3 is 2.83 bits per heavy atom. The van der Waals surface area contributed by atoms with Crippen molar-refractivity contribution < 1.29 is 14.3 Å². The van der Waals surface area contributed by atoms with Crippen LogP contribution in [0.2, 0.25) is 0 Å². The minimum Gasteiger partial charge on any atom is -0.452 e. The molecule has 23 heavy (non-hydrogen) atoms. The van der Waals surface area contributed by atoms with Crippen molar-refractivity contribution in [1.29, 1.82) is 0 Å².